The zero-order valence-electron chi connectivity index (χ0n) is 12.0. The molecule has 0 bridgehead atoms. The van der Waals surface area contributed by atoms with Crippen LogP contribution in [0.25, 0.3) is 0 Å². The Morgan fingerprint density at radius 3 is 2.37 bits per heavy atom. The molecular weight excluding hydrogens is 252 g/mol. The van der Waals surface area contributed by atoms with E-state index < -0.39 is 8.80 Å². The number of ether oxygens (including phenoxy) is 2. The lowest BCUT2D eigenvalue weighted by molar-refractivity contribution is -0.183. The van der Waals surface area contributed by atoms with Crippen molar-refractivity contribution < 1.29 is 9.47 Å². The molecule has 2 nitrogen and oxygen atoms in total. The fraction of sp³-hybridized carbons (Fsp3) is 0.625. The van der Waals surface area contributed by atoms with Crippen molar-refractivity contribution in [2.45, 2.75) is 56.2 Å². The van der Waals surface area contributed by atoms with Crippen molar-refractivity contribution in [2.24, 2.45) is 0 Å². The second-order valence-corrected chi connectivity index (χ2v) is 9.54. The van der Waals surface area contributed by atoms with Crippen molar-refractivity contribution in [3.63, 3.8) is 0 Å². The third-order valence-corrected chi connectivity index (χ3v) is 6.45. The molecule has 104 valence electrons. The van der Waals surface area contributed by atoms with E-state index in [1.165, 1.54) is 18.4 Å². The minimum Gasteiger partial charge on any atom is -0.348 e. The first-order chi connectivity index (χ1) is 9.19. The standard InChI is InChI=1S/C16H24O2Si/c1-19(2)15-12-17-16(18-15)10-8-14(9-11-16)13-6-4-3-5-7-13/h3-7,14-15,19H,8-12H2,1-2H3. The van der Waals surface area contributed by atoms with E-state index in [0.29, 0.717) is 11.6 Å². The zero-order valence-corrected chi connectivity index (χ0v) is 13.1. The molecule has 0 N–H and O–H groups in total. The third kappa shape index (κ3) is 2.78. The maximum absolute atomic E-state index is 6.28. The molecule has 3 rings (SSSR count). The fourth-order valence-corrected chi connectivity index (χ4v) is 4.29. The van der Waals surface area contributed by atoms with Crippen LogP contribution < -0.4 is 0 Å². The van der Waals surface area contributed by atoms with Crippen LogP contribution in [0.3, 0.4) is 0 Å². The first-order valence-corrected chi connectivity index (χ1v) is 10.5. The summed E-state index contributed by atoms with van der Waals surface area (Å²) in [5.41, 5.74) is 1.90. The van der Waals surface area contributed by atoms with Gasteiger partial charge in [0, 0.05) is 12.8 Å². The molecule has 1 heterocycles. The van der Waals surface area contributed by atoms with E-state index in [2.05, 4.69) is 43.4 Å². The first-order valence-electron chi connectivity index (χ1n) is 7.55. The smallest absolute Gasteiger partial charge is 0.168 e. The molecule has 1 unspecified atom stereocenters. The van der Waals surface area contributed by atoms with Gasteiger partial charge in [-0.15, -0.1) is 0 Å². The highest BCUT2D eigenvalue weighted by atomic mass is 28.3. The fourth-order valence-electron chi connectivity index (χ4n) is 3.28. The van der Waals surface area contributed by atoms with Crippen molar-refractivity contribution in [1.29, 1.82) is 0 Å². The van der Waals surface area contributed by atoms with E-state index >= 15 is 0 Å². The normalized spacial score (nSPS) is 35.1. The van der Waals surface area contributed by atoms with Gasteiger partial charge < -0.3 is 9.47 Å². The van der Waals surface area contributed by atoms with Gasteiger partial charge in [-0.25, -0.2) is 0 Å². The Hall–Kier alpha value is -0.643. The average Bonchev–Trinajstić information content (AvgIpc) is 2.85. The van der Waals surface area contributed by atoms with Crippen LogP contribution in [0, 0.1) is 0 Å². The summed E-state index contributed by atoms with van der Waals surface area (Å²) in [5.74, 6) is 0.460. The second kappa shape index (κ2) is 5.39. The van der Waals surface area contributed by atoms with Gasteiger partial charge in [-0.05, 0) is 24.3 Å². The number of hydrogen-bond donors (Lipinski definition) is 0. The molecule has 1 atom stereocenters. The van der Waals surface area contributed by atoms with Crippen molar-refractivity contribution in [3.8, 4) is 0 Å². The lowest BCUT2D eigenvalue weighted by Gasteiger charge is -2.36. The van der Waals surface area contributed by atoms with Crippen LogP contribution in [-0.2, 0) is 9.47 Å². The van der Waals surface area contributed by atoms with Crippen molar-refractivity contribution in [3.05, 3.63) is 35.9 Å². The maximum atomic E-state index is 6.28. The highest BCUT2D eigenvalue weighted by molar-refractivity contribution is 6.57. The first kappa shape index (κ1) is 13.3. The Kier molecular flexibility index (Phi) is 3.78. The lowest BCUT2D eigenvalue weighted by Crippen LogP contribution is -2.37. The Bertz CT molecular complexity index is 410. The topological polar surface area (TPSA) is 18.5 Å². The summed E-state index contributed by atoms with van der Waals surface area (Å²) < 4.78 is 12.3. The van der Waals surface area contributed by atoms with Crippen molar-refractivity contribution in [1.82, 2.24) is 0 Å². The number of benzene rings is 1. The van der Waals surface area contributed by atoms with Gasteiger partial charge >= 0.3 is 0 Å². The monoisotopic (exact) mass is 276 g/mol. The third-order valence-electron chi connectivity index (χ3n) is 4.64. The van der Waals surface area contributed by atoms with E-state index in [-0.39, 0.29) is 5.79 Å². The summed E-state index contributed by atoms with van der Waals surface area (Å²) in [7, 11) is -0.742. The molecule has 1 saturated carbocycles. The SMILES string of the molecule is C[SiH](C)C1COC2(CCC(c3ccccc3)CC2)O1. The molecule has 3 heteroatoms. The predicted molar refractivity (Wildman–Crippen MR) is 80.1 cm³/mol. The van der Waals surface area contributed by atoms with Gasteiger partial charge in [-0.2, -0.15) is 0 Å². The molecule has 0 radical (unpaired) electrons. The van der Waals surface area contributed by atoms with Crippen LogP contribution in [0.4, 0.5) is 0 Å². The van der Waals surface area contributed by atoms with Crippen LogP contribution in [0.15, 0.2) is 30.3 Å². The Labute approximate surface area is 117 Å². The van der Waals surface area contributed by atoms with Gasteiger partial charge in [0.15, 0.2) is 5.79 Å². The Morgan fingerprint density at radius 1 is 1.11 bits per heavy atom. The Morgan fingerprint density at radius 2 is 1.79 bits per heavy atom. The summed E-state index contributed by atoms with van der Waals surface area (Å²) in [6.45, 7) is 5.53. The van der Waals surface area contributed by atoms with Crippen LogP contribution >= 0.6 is 0 Å². The van der Waals surface area contributed by atoms with Crippen molar-refractivity contribution in [2.75, 3.05) is 6.61 Å². The average molecular weight is 276 g/mol. The summed E-state index contributed by atoms with van der Waals surface area (Å²) >= 11 is 0. The maximum Gasteiger partial charge on any atom is 0.168 e. The molecule has 19 heavy (non-hydrogen) atoms. The largest absolute Gasteiger partial charge is 0.348 e. The van der Waals surface area contributed by atoms with Crippen LogP contribution in [0.5, 0.6) is 0 Å². The lowest BCUT2D eigenvalue weighted by atomic mass is 9.81. The minimum atomic E-state index is -0.742. The molecule has 1 aliphatic heterocycles. The molecule has 1 aliphatic carbocycles. The summed E-state index contributed by atoms with van der Waals surface area (Å²) in [4.78, 5) is 0. The molecule has 1 spiro atoms. The van der Waals surface area contributed by atoms with Gasteiger partial charge in [0.1, 0.15) is 0 Å². The molecule has 2 fully saturated rings. The quantitative estimate of drug-likeness (QED) is 0.770. The van der Waals surface area contributed by atoms with Gasteiger partial charge in [0.25, 0.3) is 0 Å². The highest BCUT2D eigenvalue weighted by Gasteiger charge is 2.45. The van der Waals surface area contributed by atoms with Gasteiger partial charge in [0.2, 0.25) is 0 Å². The van der Waals surface area contributed by atoms with E-state index in [1.54, 1.807) is 0 Å². The minimum absolute atomic E-state index is 0.229. The molecule has 1 aromatic carbocycles. The molecule has 0 amide bonds. The predicted octanol–water partition coefficient (Wildman–Crippen LogP) is 3.48. The van der Waals surface area contributed by atoms with Gasteiger partial charge in [0.05, 0.1) is 21.1 Å². The molecule has 1 saturated heterocycles. The van der Waals surface area contributed by atoms with E-state index in [0.717, 1.165) is 19.4 Å². The molecule has 1 aromatic rings. The molecule has 0 aromatic heterocycles. The number of rotatable bonds is 2. The van der Waals surface area contributed by atoms with Crippen molar-refractivity contribution >= 4 is 8.80 Å². The van der Waals surface area contributed by atoms with Crippen LogP contribution in [0.2, 0.25) is 13.1 Å². The molecular formula is C16H24O2Si. The summed E-state index contributed by atoms with van der Waals surface area (Å²) in [6, 6.07) is 10.9. The molecule has 2 aliphatic rings. The van der Waals surface area contributed by atoms with Gasteiger partial charge in [-0.1, -0.05) is 43.4 Å². The summed E-state index contributed by atoms with van der Waals surface area (Å²) in [5, 5.41) is 0. The van der Waals surface area contributed by atoms with Crippen LogP contribution in [0.1, 0.15) is 37.2 Å². The highest BCUT2D eigenvalue weighted by Crippen LogP contribution is 2.43. The van der Waals surface area contributed by atoms with Crippen LogP contribution in [-0.4, -0.2) is 26.9 Å². The van der Waals surface area contributed by atoms with E-state index in [9.17, 15) is 0 Å². The zero-order chi connectivity index (χ0) is 13.3. The number of hydrogen-bond acceptors (Lipinski definition) is 2. The van der Waals surface area contributed by atoms with E-state index in [1.807, 2.05) is 0 Å². The van der Waals surface area contributed by atoms with E-state index in [4.69, 9.17) is 9.47 Å². The Balaban J connectivity index is 1.61. The summed E-state index contributed by atoms with van der Waals surface area (Å²) in [6.07, 6.45) is 4.50. The van der Waals surface area contributed by atoms with Gasteiger partial charge in [-0.3, -0.25) is 0 Å². The second-order valence-electron chi connectivity index (χ2n) is 6.31.